The van der Waals surface area contributed by atoms with Crippen LogP contribution < -0.4 is 4.90 Å². The molecule has 2 fully saturated rings. The van der Waals surface area contributed by atoms with Crippen LogP contribution in [0.2, 0.25) is 0 Å². The number of hydrogen-bond acceptors (Lipinski definition) is 5. The van der Waals surface area contributed by atoms with E-state index in [1.54, 1.807) is 0 Å². The van der Waals surface area contributed by atoms with Crippen molar-refractivity contribution in [3.05, 3.63) is 108 Å². The molecule has 0 aliphatic carbocycles. The first-order chi connectivity index (χ1) is 20.7. The van der Waals surface area contributed by atoms with E-state index in [0.717, 1.165) is 58.8 Å². The highest BCUT2D eigenvalue weighted by Gasteiger charge is 2.25. The van der Waals surface area contributed by atoms with Gasteiger partial charge in [-0.1, -0.05) is 72.8 Å². The molecule has 0 bridgehead atoms. The van der Waals surface area contributed by atoms with Crippen molar-refractivity contribution in [2.45, 2.75) is 44.9 Å². The van der Waals surface area contributed by atoms with Crippen molar-refractivity contribution in [3.8, 4) is 11.1 Å². The molecule has 0 atom stereocenters. The summed E-state index contributed by atoms with van der Waals surface area (Å²) < 4.78 is 2.12. The summed E-state index contributed by atoms with van der Waals surface area (Å²) in [5.41, 5.74) is 6.58. The summed E-state index contributed by atoms with van der Waals surface area (Å²) in [5, 5.41) is 4.69. The molecule has 6 nitrogen and oxygen atoms in total. The Morgan fingerprint density at radius 2 is 1.31 bits per heavy atom. The van der Waals surface area contributed by atoms with E-state index in [0.29, 0.717) is 6.04 Å². The van der Waals surface area contributed by atoms with Gasteiger partial charge in [0.05, 0.1) is 6.20 Å². The third-order valence-corrected chi connectivity index (χ3v) is 9.09. The van der Waals surface area contributed by atoms with Crippen LogP contribution in [0.4, 0.5) is 5.69 Å². The van der Waals surface area contributed by atoms with Gasteiger partial charge in [0.25, 0.3) is 0 Å². The van der Waals surface area contributed by atoms with Gasteiger partial charge in [0, 0.05) is 69.3 Å². The van der Waals surface area contributed by atoms with E-state index in [1.165, 1.54) is 53.9 Å². The van der Waals surface area contributed by atoms with Crippen molar-refractivity contribution in [2.24, 2.45) is 0 Å². The van der Waals surface area contributed by atoms with Crippen LogP contribution in [0.25, 0.3) is 11.1 Å². The summed E-state index contributed by atoms with van der Waals surface area (Å²) in [6, 6.07) is 31.6. The van der Waals surface area contributed by atoms with Gasteiger partial charge in [-0.15, -0.1) is 0 Å². The van der Waals surface area contributed by atoms with Crippen molar-refractivity contribution >= 4 is 5.69 Å². The van der Waals surface area contributed by atoms with E-state index < -0.39 is 0 Å². The molecule has 2 saturated heterocycles. The number of likely N-dealkylation sites (tertiary alicyclic amines) is 1. The number of rotatable bonds is 11. The number of benzene rings is 3. The number of anilines is 1. The largest absolute Gasteiger partial charge is 0.369 e. The number of piperazine rings is 1. The van der Waals surface area contributed by atoms with Crippen LogP contribution in [0, 0.1) is 0 Å². The molecule has 2 aliphatic rings. The number of likely N-dealkylation sites (N-methyl/N-ethyl adjacent to an activating group) is 1. The number of aryl methyl sites for hydroxylation is 1. The summed E-state index contributed by atoms with van der Waals surface area (Å²) in [6.45, 7) is 11.0. The van der Waals surface area contributed by atoms with Gasteiger partial charge in [0.1, 0.15) is 0 Å². The van der Waals surface area contributed by atoms with E-state index in [4.69, 9.17) is 0 Å². The fraction of sp³-hybridized carbons (Fsp3) is 0.417. The average molecular weight is 563 g/mol. The van der Waals surface area contributed by atoms with Crippen molar-refractivity contribution in [2.75, 3.05) is 57.8 Å². The summed E-state index contributed by atoms with van der Waals surface area (Å²) in [7, 11) is 2.20. The minimum atomic E-state index is 0.623. The van der Waals surface area contributed by atoms with Gasteiger partial charge in [-0.2, -0.15) is 5.10 Å². The maximum Gasteiger partial charge on any atom is 0.0568 e. The molecule has 3 aromatic carbocycles. The Morgan fingerprint density at radius 1 is 0.690 bits per heavy atom. The molecule has 1 aromatic heterocycles. The third kappa shape index (κ3) is 7.68. The van der Waals surface area contributed by atoms with E-state index in [2.05, 4.69) is 128 Å². The predicted molar refractivity (Wildman–Crippen MR) is 174 cm³/mol. The fourth-order valence-electron chi connectivity index (χ4n) is 6.48. The van der Waals surface area contributed by atoms with Crippen LogP contribution >= 0.6 is 0 Å². The molecular weight excluding hydrogens is 516 g/mol. The van der Waals surface area contributed by atoms with Crippen LogP contribution in [0.15, 0.2) is 97.3 Å². The first-order valence-corrected chi connectivity index (χ1v) is 15.8. The minimum Gasteiger partial charge on any atom is -0.369 e. The molecule has 220 valence electrons. The van der Waals surface area contributed by atoms with Crippen LogP contribution in [-0.2, 0) is 19.6 Å². The Balaban J connectivity index is 0.965. The summed E-state index contributed by atoms with van der Waals surface area (Å²) in [6.07, 6.45) is 7.82. The molecule has 42 heavy (non-hydrogen) atoms. The molecular formula is C36H46N6. The molecule has 6 heteroatoms. The van der Waals surface area contributed by atoms with Gasteiger partial charge in [-0.05, 0) is 74.8 Å². The second-order valence-corrected chi connectivity index (χ2v) is 12.1. The summed E-state index contributed by atoms with van der Waals surface area (Å²) >= 11 is 0. The molecule has 0 unspecified atom stereocenters. The summed E-state index contributed by atoms with van der Waals surface area (Å²) in [5.74, 6) is 0. The molecule has 3 heterocycles. The highest BCUT2D eigenvalue weighted by Crippen LogP contribution is 2.25. The lowest BCUT2D eigenvalue weighted by atomic mass is 10.0. The third-order valence-electron chi connectivity index (χ3n) is 9.09. The number of hydrogen-bond donors (Lipinski definition) is 0. The van der Waals surface area contributed by atoms with Gasteiger partial charge in [0.15, 0.2) is 0 Å². The first kappa shape index (κ1) is 28.7. The Hall–Kier alpha value is -3.45. The Morgan fingerprint density at radius 3 is 1.93 bits per heavy atom. The first-order valence-electron chi connectivity index (χ1n) is 15.8. The monoisotopic (exact) mass is 562 g/mol. The van der Waals surface area contributed by atoms with E-state index in [9.17, 15) is 0 Å². The number of nitrogens with zero attached hydrogens (tertiary/aromatic N) is 6. The molecule has 4 aromatic rings. The Labute approximate surface area is 252 Å². The standard InChI is InChI=1S/C36H46N6/c1-38-23-25-40(26-24-38)35-15-13-33(14-16-35)34-27-37-42(30-34)20-8-19-39-21-17-36(18-22-39)41(28-31-9-4-2-5-10-31)29-32-11-6-3-7-12-32/h2-7,9-16,27,30,36H,8,17-26,28-29H2,1H3. The van der Waals surface area contributed by atoms with Crippen LogP contribution in [0.1, 0.15) is 30.4 Å². The number of aromatic nitrogens is 2. The lowest BCUT2D eigenvalue weighted by Gasteiger charge is -2.39. The fourth-order valence-corrected chi connectivity index (χ4v) is 6.48. The van der Waals surface area contributed by atoms with Gasteiger partial charge < -0.3 is 14.7 Å². The van der Waals surface area contributed by atoms with Gasteiger partial charge in [-0.25, -0.2) is 0 Å². The van der Waals surface area contributed by atoms with Crippen LogP contribution in [0.3, 0.4) is 0 Å². The second kappa shape index (κ2) is 14.1. The zero-order valence-corrected chi connectivity index (χ0v) is 25.2. The normalized spacial score (nSPS) is 17.2. The molecule has 0 amide bonds. The van der Waals surface area contributed by atoms with Crippen molar-refractivity contribution in [1.82, 2.24) is 24.5 Å². The van der Waals surface area contributed by atoms with E-state index >= 15 is 0 Å². The lowest BCUT2D eigenvalue weighted by Crippen LogP contribution is -2.44. The highest BCUT2D eigenvalue weighted by atomic mass is 15.3. The van der Waals surface area contributed by atoms with Gasteiger partial charge >= 0.3 is 0 Å². The quantitative estimate of drug-likeness (QED) is 0.229. The van der Waals surface area contributed by atoms with E-state index in [1.807, 2.05) is 6.20 Å². The van der Waals surface area contributed by atoms with Gasteiger partial charge in [0.2, 0.25) is 0 Å². The Bertz CT molecular complexity index is 1300. The lowest BCUT2D eigenvalue weighted by molar-refractivity contribution is 0.0953. The van der Waals surface area contributed by atoms with Crippen LogP contribution in [-0.4, -0.2) is 83.4 Å². The SMILES string of the molecule is CN1CCN(c2ccc(-c3cnn(CCCN4CCC(N(Cc5ccccc5)Cc5ccccc5)CC4)c3)cc2)CC1. The maximum atomic E-state index is 4.69. The molecule has 0 radical (unpaired) electrons. The van der Waals surface area contributed by atoms with E-state index in [-0.39, 0.29) is 0 Å². The van der Waals surface area contributed by atoms with Gasteiger partial charge in [-0.3, -0.25) is 9.58 Å². The predicted octanol–water partition coefficient (Wildman–Crippen LogP) is 5.86. The average Bonchev–Trinajstić information content (AvgIpc) is 3.52. The molecule has 0 N–H and O–H groups in total. The van der Waals surface area contributed by atoms with Crippen molar-refractivity contribution < 1.29 is 0 Å². The van der Waals surface area contributed by atoms with Crippen molar-refractivity contribution in [3.63, 3.8) is 0 Å². The molecule has 6 rings (SSSR count). The molecule has 0 spiro atoms. The number of piperidine rings is 1. The van der Waals surface area contributed by atoms with Crippen molar-refractivity contribution in [1.29, 1.82) is 0 Å². The summed E-state index contributed by atoms with van der Waals surface area (Å²) in [4.78, 5) is 10.2. The zero-order chi connectivity index (χ0) is 28.6. The molecule has 0 saturated carbocycles. The molecule has 2 aliphatic heterocycles. The smallest absolute Gasteiger partial charge is 0.0568 e. The second-order valence-electron chi connectivity index (χ2n) is 12.1. The van der Waals surface area contributed by atoms with Crippen LogP contribution in [0.5, 0.6) is 0 Å². The maximum absolute atomic E-state index is 4.69. The highest BCUT2D eigenvalue weighted by molar-refractivity contribution is 5.65. The topological polar surface area (TPSA) is 30.8 Å². The Kier molecular flexibility index (Phi) is 9.65. The minimum absolute atomic E-state index is 0.623. The zero-order valence-electron chi connectivity index (χ0n) is 25.2.